The standard InChI is InChI=1S/C19H12ClFN4O/c20-18-19(24-16-8-4-3-7-15(16)23-18)25-22-11-12-9-10-17(26-12)13-5-1-2-6-14(13)21/h1-11H,(H,24,25)/b22-11+. The zero-order valence-electron chi connectivity index (χ0n) is 13.4. The number of aromatic nitrogens is 2. The molecule has 26 heavy (non-hydrogen) atoms. The highest BCUT2D eigenvalue weighted by atomic mass is 35.5. The second-order valence-electron chi connectivity index (χ2n) is 5.40. The fraction of sp³-hybridized carbons (Fsp3) is 0. The molecule has 2 heterocycles. The predicted octanol–water partition coefficient (Wildman–Crippen LogP) is 5.13. The van der Waals surface area contributed by atoms with Gasteiger partial charge in [0.2, 0.25) is 0 Å². The summed E-state index contributed by atoms with van der Waals surface area (Å²) in [5.41, 5.74) is 4.54. The fourth-order valence-corrected chi connectivity index (χ4v) is 2.61. The molecular weight excluding hydrogens is 355 g/mol. The highest BCUT2D eigenvalue weighted by Gasteiger charge is 2.08. The van der Waals surface area contributed by atoms with Crippen molar-refractivity contribution in [3.8, 4) is 11.3 Å². The van der Waals surface area contributed by atoms with Crippen molar-refractivity contribution in [1.82, 2.24) is 9.97 Å². The van der Waals surface area contributed by atoms with Gasteiger partial charge < -0.3 is 4.42 Å². The van der Waals surface area contributed by atoms with E-state index in [0.29, 0.717) is 33.9 Å². The van der Waals surface area contributed by atoms with Gasteiger partial charge in [0, 0.05) is 0 Å². The van der Waals surface area contributed by atoms with Gasteiger partial charge in [-0.3, -0.25) is 5.43 Å². The Balaban J connectivity index is 1.53. The third-order valence-electron chi connectivity index (χ3n) is 3.66. The number of rotatable bonds is 4. The van der Waals surface area contributed by atoms with Gasteiger partial charge in [0.05, 0.1) is 22.8 Å². The Hall–Kier alpha value is -3.25. The minimum absolute atomic E-state index is 0.215. The molecule has 0 bridgehead atoms. The molecule has 0 saturated heterocycles. The SMILES string of the molecule is Fc1ccccc1-c1ccc(/C=N/Nc2nc3ccccc3nc2Cl)o1. The van der Waals surface area contributed by atoms with E-state index in [9.17, 15) is 4.39 Å². The lowest BCUT2D eigenvalue weighted by atomic mass is 10.1. The number of nitrogens with zero attached hydrogens (tertiary/aromatic N) is 3. The predicted molar refractivity (Wildman–Crippen MR) is 99.9 cm³/mol. The van der Waals surface area contributed by atoms with Crippen LogP contribution in [0.4, 0.5) is 10.2 Å². The molecular formula is C19H12ClFN4O. The Morgan fingerprint density at radius 3 is 2.50 bits per heavy atom. The molecule has 2 aromatic carbocycles. The number of hydrazone groups is 1. The van der Waals surface area contributed by atoms with Crippen molar-refractivity contribution in [2.24, 2.45) is 5.10 Å². The molecule has 7 heteroatoms. The Morgan fingerprint density at radius 2 is 1.69 bits per heavy atom. The molecule has 0 amide bonds. The topological polar surface area (TPSA) is 63.3 Å². The molecule has 128 valence electrons. The van der Waals surface area contributed by atoms with Crippen molar-refractivity contribution in [3.05, 3.63) is 77.4 Å². The smallest absolute Gasteiger partial charge is 0.185 e. The number of hydrogen-bond donors (Lipinski definition) is 1. The summed E-state index contributed by atoms with van der Waals surface area (Å²) in [7, 11) is 0. The lowest BCUT2D eigenvalue weighted by Gasteiger charge is -2.03. The van der Waals surface area contributed by atoms with Gasteiger partial charge in [-0.05, 0) is 36.4 Å². The molecule has 2 aromatic heterocycles. The Bertz CT molecular complexity index is 1110. The van der Waals surface area contributed by atoms with Crippen LogP contribution in [0.25, 0.3) is 22.4 Å². The molecule has 0 atom stereocenters. The minimum atomic E-state index is -0.346. The van der Waals surface area contributed by atoms with Crippen LogP contribution in [0.1, 0.15) is 5.76 Å². The monoisotopic (exact) mass is 366 g/mol. The van der Waals surface area contributed by atoms with E-state index in [2.05, 4.69) is 20.5 Å². The van der Waals surface area contributed by atoms with E-state index < -0.39 is 0 Å². The van der Waals surface area contributed by atoms with Crippen LogP contribution in [0.5, 0.6) is 0 Å². The van der Waals surface area contributed by atoms with Crippen LogP contribution in [0.15, 0.2) is 70.2 Å². The first-order valence-electron chi connectivity index (χ1n) is 7.77. The molecule has 1 N–H and O–H groups in total. The zero-order valence-corrected chi connectivity index (χ0v) is 14.1. The van der Waals surface area contributed by atoms with Crippen LogP contribution in [-0.4, -0.2) is 16.2 Å². The number of hydrogen-bond acceptors (Lipinski definition) is 5. The fourth-order valence-electron chi connectivity index (χ4n) is 2.43. The van der Waals surface area contributed by atoms with E-state index in [0.717, 1.165) is 0 Å². The highest BCUT2D eigenvalue weighted by molar-refractivity contribution is 6.32. The number of benzene rings is 2. The van der Waals surface area contributed by atoms with E-state index in [1.54, 1.807) is 30.3 Å². The first-order valence-corrected chi connectivity index (χ1v) is 8.14. The van der Waals surface area contributed by atoms with Gasteiger partial charge in [0.25, 0.3) is 0 Å². The molecule has 0 aliphatic carbocycles. The summed E-state index contributed by atoms with van der Waals surface area (Å²) in [6.07, 6.45) is 1.46. The highest BCUT2D eigenvalue weighted by Crippen LogP contribution is 2.24. The molecule has 0 unspecified atom stereocenters. The van der Waals surface area contributed by atoms with Gasteiger partial charge in [0.15, 0.2) is 11.0 Å². The number of fused-ring (bicyclic) bond motifs is 1. The van der Waals surface area contributed by atoms with Crippen molar-refractivity contribution < 1.29 is 8.81 Å². The van der Waals surface area contributed by atoms with Crippen LogP contribution >= 0.6 is 11.6 Å². The zero-order chi connectivity index (χ0) is 17.9. The van der Waals surface area contributed by atoms with Gasteiger partial charge in [0.1, 0.15) is 17.3 Å². The molecule has 4 aromatic rings. The van der Waals surface area contributed by atoms with E-state index in [-0.39, 0.29) is 11.0 Å². The Kier molecular flexibility index (Phi) is 4.33. The summed E-state index contributed by atoms with van der Waals surface area (Å²) in [6.45, 7) is 0. The van der Waals surface area contributed by atoms with E-state index in [1.165, 1.54) is 12.3 Å². The molecule has 0 aliphatic rings. The third kappa shape index (κ3) is 3.27. The van der Waals surface area contributed by atoms with Crippen LogP contribution in [0, 0.1) is 5.82 Å². The van der Waals surface area contributed by atoms with Gasteiger partial charge in [-0.2, -0.15) is 5.10 Å². The van der Waals surface area contributed by atoms with E-state index in [4.69, 9.17) is 16.0 Å². The summed E-state index contributed by atoms with van der Waals surface area (Å²) in [5.74, 6) is 0.873. The summed E-state index contributed by atoms with van der Waals surface area (Å²) in [5, 5.41) is 4.27. The minimum Gasteiger partial charge on any atom is -0.455 e. The summed E-state index contributed by atoms with van der Waals surface area (Å²) < 4.78 is 19.4. The number of furan rings is 1. The summed E-state index contributed by atoms with van der Waals surface area (Å²) >= 11 is 6.11. The molecule has 0 saturated carbocycles. The number of halogens is 2. The van der Waals surface area contributed by atoms with Crippen molar-refractivity contribution in [2.45, 2.75) is 0 Å². The van der Waals surface area contributed by atoms with Crippen LogP contribution < -0.4 is 5.43 Å². The maximum Gasteiger partial charge on any atom is 0.185 e. The maximum absolute atomic E-state index is 13.8. The number of anilines is 1. The second-order valence-corrected chi connectivity index (χ2v) is 5.76. The summed E-state index contributed by atoms with van der Waals surface area (Å²) in [4.78, 5) is 8.63. The van der Waals surface area contributed by atoms with Crippen molar-refractivity contribution in [2.75, 3.05) is 5.43 Å². The van der Waals surface area contributed by atoms with E-state index in [1.807, 2.05) is 24.3 Å². The van der Waals surface area contributed by atoms with Crippen molar-refractivity contribution >= 4 is 34.7 Å². The molecule has 5 nitrogen and oxygen atoms in total. The molecule has 0 radical (unpaired) electrons. The van der Waals surface area contributed by atoms with Gasteiger partial charge >= 0.3 is 0 Å². The molecule has 0 fully saturated rings. The van der Waals surface area contributed by atoms with Crippen LogP contribution in [-0.2, 0) is 0 Å². The van der Waals surface area contributed by atoms with E-state index >= 15 is 0 Å². The second kappa shape index (κ2) is 6.93. The molecule has 0 spiro atoms. The Morgan fingerprint density at radius 1 is 0.962 bits per heavy atom. The maximum atomic E-state index is 13.8. The van der Waals surface area contributed by atoms with Crippen molar-refractivity contribution in [3.63, 3.8) is 0 Å². The van der Waals surface area contributed by atoms with Crippen molar-refractivity contribution in [1.29, 1.82) is 0 Å². The average Bonchev–Trinajstić information content (AvgIpc) is 3.11. The first kappa shape index (κ1) is 16.2. The van der Waals surface area contributed by atoms with Crippen LogP contribution in [0.2, 0.25) is 5.15 Å². The lowest BCUT2D eigenvalue weighted by molar-refractivity contribution is 0.563. The quantitative estimate of drug-likeness (QED) is 0.402. The third-order valence-corrected chi connectivity index (χ3v) is 3.92. The molecule has 4 rings (SSSR count). The number of nitrogens with one attached hydrogen (secondary N) is 1. The Labute approximate surface area is 153 Å². The van der Waals surface area contributed by atoms with Gasteiger partial charge in [-0.15, -0.1) is 0 Å². The largest absolute Gasteiger partial charge is 0.455 e. The number of para-hydroxylation sites is 2. The van der Waals surface area contributed by atoms with Gasteiger partial charge in [-0.1, -0.05) is 35.9 Å². The average molecular weight is 367 g/mol. The van der Waals surface area contributed by atoms with Gasteiger partial charge in [-0.25, -0.2) is 14.4 Å². The first-order chi connectivity index (χ1) is 12.7. The normalized spacial score (nSPS) is 11.3. The summed E-state index contributed by atoms with van der Waals surface area (Å²) in [6, 6.07) is 17.2. The van der Waals surface area contributed by atoms with Crippen LogP contribution in [0.3, 0.4) is 0 Å². The molecule has 0 aliphatic heterocycles. The lowest BCUT2D eigenvalue weighted by Crippen LogP contribution is -1.97.